The van der Waals surface area contributed by atoms with Crippen LogP contribution in [0.4, 0.5) is 5.69 Å². The molecule has 1 unspecified atom stereocenters. The fourth-order valence-electron chi connectivity index (χ4n) is 2.68. The minimum Gasteiger partial charge on any atom is -0.305 e. The molecule has 2 heterocycles. The number of hydrogen-bond acceptors (Lipinski definition) is 3. The van der Waals surface area contributed by atoms with Gasteiger partial charge in [-0.1, -0.05) is 54.6 Å². The second-order valence-electron chi connectivity index (χ2n) is 5.02. The summed E-state index contributed by atoms with van der Waals surface area (Å²) in [5, 5.41) is 6.90. The van der Waals surface area contributed by atoms with Crippen molar-refractivity contribution in [3.8, 4) is 0 Å². The highest BCUT2D eigenvalue weighted by molar-refractivity contribution is 6.02. The Morgan fingerprint density at radius 2 is 1.52 bits per heavy atom. The lowest BCUT2D eigenvalue weighted by atomic mass is 10.1. The zero-order valence-electron chi connectivity index (χ0n) is 11.5. The van der Waals surface area contributed by atoms with Crippen LogP contribution in [0.2, 0.25) is 0 Å². The highest BCUT2D eigenvalue weighted by Gasteiger charge is 2.33. The molecule has 2 aliphatic rings. The minimum absolute atomic E-state index is 0.104. The van der Waals surface area contributed by atoms with Gasteiger partial charge in [-0.05, 0) is 24.3 Å². The average Bonchev–Trinajstić information content (AvgIpc) is 2.96. The first-order valence-electron chi connectivity index (χ1n) is 7.05. The fourth-order valence-corrected chi connectivity index (χ4v) is 2.68. The van der Waals surface area contributed by atoms with Gasteiger partial charge < -0.3 is 4.90 Å². The first kappa shape index (κ1) is 12.0. The number of para-hydroxylation sites is 1. The van der Waals surface area contributed by atoms with E-state index in [4.69, 9.17) is 5.10 Å². The van der Waals surface area contributed by atoms with Crippen LogP contribution in [-0.2, 0) is 0 Å². The number of amidine groups is 1. The van der Waals surface area contributed by atoms with Gasteiger partial charge in [-0.25, -0.2) is 5.01 Å². The zero-order chi connectivity index (χ0) is 14.1. The fraction of sp³-hybridized carbons (Fsp3) is 0.0556. The van der Waals surface area contributed by atoms with E-state index < -0.39 is 0 Å². The van der Waals surface area contributed by atoms with E-state index >= 15 is 0 Å². The van der Waals surface area contributed by atoms with Crippen molar-refractivity contribution in [1.82, 2.24) is 4.90 Å². The molecule has 3 heteroatoms. The molecule has 0 saturated heterocycles. The van der Waals surface area contributed by atoms with E-state index in [1.165, 1.54) is 0 Å². The average molecular weight is 273 g/mol. The third-order valence-electron chi connectivity index (χ3n) is 3.68. The first-order chi connectivity index (χ1) is 10.4. The van der Waals surface area contributed by atoms with Crippen molar-refractivity contribution in [2.24, 2.45) is 5.10 Å². The Bertz CT molecular complexity index is 717. The van der Waals surface area contributed by atoms with E-state index in [0.29, 0.717) is 0 Å². The van der Waals surface area contributed by atoms with Gasteiger partial charge in [-0.2, -0.15) is 5.10 Å². The Morgan fingerprint density at radius 3 is 2.29 bits per heavy atom. The number of anilines is 1. The molecule has 0 aliphatic carbocycles. The van der Waals surface area contributed by atoms with Gasteiger partial charge in [-0.15, -0.1) is 0 Å². The molecule has 2 aromatic rings. The van der Waals surface area contributed by atoms with Crippen LogP contribution in [0.25, 0.3) is 0 Å². The predicted octanol–water partition coefficient (Wildman–Crippen LogP) is 3.58. The van der Waals surface area contributed by atoms with Crippen LogP contribution in [0, 0.1) is 0 Å². The van der Waals surface area contributed by atoms with E-state index in [2.05, 4.69) is 52.5 Å². The summed E-state index contributed by atoms with van der Waals surface area (Å²) in [5.74, 6) is 0.977. The number of fused-ring (bicyclic) bond motifs is 1. The third kappa shape index (κ3) is 2.03. The summed E-state index contributed by atoms with van der Waals surface area (Å²) in [7, 11) is 0. The van der Waals surface area contributed by atoms with Gasteiger partial charge in [0.25, 0.3) is 0 Å². The molecule has 0 bridgehead atoms. The number of hydrazone groups is 1. The maximum atomic E-state index is 4.85. The van der Waals surface area contributed by atoms with Crippen LogP contribution in [0.5, 0.6) is 0 Å². The van der Waals surface area contributed by atoms with Crippen LogP contribution in [0.3, 0.4) is 0 Å². The molecule has 0 spiro atoms. The van der Waals surface area contributed by atoms with Gasteiger partial charge in [0.2, 0.25) is 0 Å². The molecular formula is C18H15N3. The Hall–Kier alpha value is -2.81. The number of nitrogens with zero attached hydrogens (tertiary/aromatic N) is 3. The number of allylic oxidation sites excluding steroid dienone is 2. The van der Waals surface area contributed by atoms with Gasteiger partial charge in [0.1, 0.15) is 6.17 Å². The van der Waals surface area contributed by atoms with Crippen molar-refractivity contribution in [3.63, 3.8) is 0 Å². The van der Waals surface area contributed by atoms with E-state index in [-0.39, 0.29) is 6.17 Å². The molecular weight excluding hydrogens is 258 g/mol. The topological polar surface area (TPSA) is 18.8 Å². The molecule has 102 valence electrons. The number of benzene rings is 2. The number of rotatable bonds is 2. The largest absolute Gasteiger partial charge is 0.305 e. The quantitative estimate of drug-likeness (QED) is 0.833. The van der Waals surface area contributed by atoms with Gasteiger partial charge >= 0.3 is 0 Å². The molecule has 21 heavy (non-hydrogen) atoms. The SMILES string of the molecule is C1=CC2N(C=C1)C(c1ccccc1)=NN2c1ccccc1. The molecule has 0 N–H and O–H groups in total. The van der Waals surface area contributed by atoms with Gasteiger partial charge in [-0.3, -0.25) is 0 Å². The van der Waals surface area contributed by atoms with Crippen molar-refractivity contribution >= 4 is 11.5 Å². The molecule has 0 amide bonds. The summed E-state index contributed by atoms with van der Waals surface area (Å²) in [6.45, 7) is 0. The van der Waals surface area contributed by atoms with Crippen LogP contribution in [0.1, 0.15) is 5.56 Å². The monoisotopic (exact) mass is 273 g/mol. The van der Waals surface area contributed by atoms with Crippen molar-refractivity contribution < 1.29 is 0 Å². The van der Waals surface area contributed by atoms with Gasteiger partial charge in [0, 0.05) is 11.8 Å². The van der Waals surface area contributed by atoms with E-state index in [1.807, 2.05) is 42.5 Å². The first-order valence-corrected chi connectivity index (χ1v) is 7.05. The standard InChI is InChI=1S/C18H15N3/c1-3-9-15(10-4-1)18-19-21(16-11-5-2-6-12-16)17-13-7-8-14-20(17)18/h1-14,17H. The summed E-state index contributed by atoms with van der Waals surface area (Å²) >= 11 is 0. The molecule has 0 radical (unpaired) electrons. The van der Waals surface area contributed by atoms with E-state index in [0.717, 1.165) is 17.1 Å². The Kier molecular flexibility index (Phi) is 2.82. The van der Waals surface area contributed by atoms with Crippen LogP contribution in [0.15, 0.2) is 90.2 Å². The highest BCUT2D eigenvalue weighted by Crippen LogP contribution is 2.29. The molecule has 4 rings (SSSR count). The van der Waals surface area contributed by atoms with E-state index in [1.54, 1.807) is 0 Å². The van der Waals surface area contributed by atoms with Crippen LogP contribution >= 0.6 is 0 Å². The second-order valence-corrected chi connectivity index (χ2v) is 5.02. The second kappa shape index (κ2) is 4.94. The molecule has 2 aliphatic heterocycles. The van der Waals surface area contributed by atoms with Gasteiger partial charge in [0.15, 0.2) is 5.84 Å². The Balaban J connectivity index is 1.80. The third-order valence-corrected chi connectivity index (χ3v) is 3.68. The lowest BCUT2D eigenvalue weighted by molar-refractivity contribution is 0.487. The summed E-state index contributed by atoms with van der Waals surface area (Å²) in [4.78, 5) is 2.20. The zero-order valence-corrected chi connectivity index (χ0v) is 11.5. The van der Waals surface area contributed by atoms with Crippen LogP contribution < -0.4 is 5.01 Å². The summed E-state index contributed by atoms with van der Waals surface area (Å²) in [5.41, 5.74) is 2.22. The molecule has 2 aromatic carbocycles. The van der Waals surface area contributed by atoms with Crippen LogP contribution in [-0.4, -0.2) is 16.9 Å². The molecule has 3 nitrogen and oxygen atoms in total. The lowest BCUT2D eigenvalue weighted by Crippen LogP contribution is -2.38. The Morgan fingerprint density at radius 1 is 0.810 bits per heavy atom. The number of hydrogen-bond donors (Lipinski definition) is 0. The van der Waals surface area contributed by atoms with Gasteiger partial charge in [0.05, 0.1) is 5.69 Å². The van der Waals surface area contributed by atoms with Crippen molar-refractivity contribution in [2.75, 3.05) is 5.01 Å². The predicted molar refractivity (Wildman–Crippen MR) is 85.8 cm³/mol. The smallest absolute Gasteiger partial charge is 0.162 e. The highest BCUT2D eigenvalue weighted by atomic mass is 15.6. The van der Waals surface area contributed by atoms with Crippen molar-refractivity contribution in [2.45, 2.75) is 6.17 Å². The maximum absolute atomic E-state index is 4.85. The molecule has 1 atom stereocenters. The molecule has 0 fully saturated rings. The molecule has 0 saturated carbocycles. The maximum Gasteiger partial charge on any atom is 0.162 e. The summed E-state index contributed by atoms with van der Waals surface area (Å²) < 4.78 is 0. The van der Waals surface area contributed by atoms with Crippen molar-refractivity contribution in [3.05, 3.63) is 90.7 Å². The lowest BCUT2D eigenvalue weighted by Gasteiger charge is -2.28. The molecule has 0 aromatic heterocycles. The Labute approximate surface area is 124 Å². The minimum atomic E-state index is 0.104. The van der Waals surface area contributed by atoms with E-state index in [9.17, 15) is 0 Å². The summed E-state index contributed by atoms with van der Waals surface area (Å²) in [6.07, 6.45) is 8.46. The van der Waals surface area contributed by atoms with Crippen molar-refractivity contribution in [1.29, 1.82) is 0 Å². The summed E-state index contributed by atoms with van der Waals surface area (Å²) in [6, 6.07) is 20.6. The normalized spacial score (nSPS) is 19.6.